The molecule has 1 atom stereocenters. The van der Waals surface area contributed by atoms with Crippen LogP contribution in [0.15, 0.2) is 48.5 Å². The van der Waals surface area contributed by atoms with Gasteiger partial charge in [-0.05, 0) is 37.1 Å². The third kappa shape index (κ3) is 3.80. The van der Waals surface area contributed by atoms with E-state index in [4.69, 9.17) is 4.98 Å². The Kier molecular flexibility index (Phi) is 5.08. The number of carbonyl (C=O) groups is 1. The summed E-state index contributed by atoms with van der Waals surface area (Å²) in [6.45, 7) is 7.38. The van der Waals surface area contributed by atoms with E-state index < -0.39 is 0 Å². The van der Waals surface area contributed by atoms with Crippen molar-refractivity contribution in [2.24, 2.45) is 0 Å². The summed E-state index contributed by atoms with van der Waals surface area (Å²) in [7, 11) is 0. The van der Waals surface area contributed by atoms with Crippen molar-refractivity contribution in [1.29, 1.82) is 0 Å². The lowest BCUT2D eigenvalue weighted by atomic mass is 10.1. The fraction of sp³-hybridized carbons (Fsp3) is 0.391. The molecule has 2 aromatic carbocycles. The number of hydrogen-bond acceptors (Lipinski definition) is 5. The molecule has 0 bridgehead atoms. The number of fused-ring (bicyclic) bond motifs is 2. The quantitative estimate of drug-likeness (QED) is 0.666. The molecule has 5 nitrogen and oxygen atoms in total. The minimum Gasteiger partial charge on any atom is -0.308 e. The molecule has 1 fully saturated rings. The smallest absolute Gasteiger partial charge is 0.241 e. The van der Waals surface area contributed by atoms with E-state index in [1.165, 1.54) is 15.3 Å². The maximum atomic E-state index is 13.0. The number of thiazole rings is 1. The number of aromatic nitrogens is 1. The highest BCUT2D eigenvalue weighted by Gasteiger charge is 2.31. The summed E-state index contributed by atoms with van der Waals surface area (Å²) in [5.74, 6) is 0.224. The molecule has 2 aliphatic rings. The van der Waals surface area contributed by atoms with Crippen LogP contribution < -0.4 is 4.90 Å². The van der Waals surface area contributed by atoms with E-state index >= 15 is 0 Å². The molecule has 3 aromatic rings. The second-order valence-corrected chi connectivity index (χ2v) is 9.19. The Morgan fingerprint density at radius 1 is 1.03 bits per heavy atom. The maximum absolute atomic E-state index is 13.0. The van der Waals surface area contributed by atoms with Gasteiger partial charge in [-0.3, -0.25) is 14.6 Å². The zero-order valence-electron chi connectivity index (χ0n) is 16.8. The predicted molar refractivity (Wildman–Crippen MR) is 118 cm³/mol. The third-order valence-corrected chi connectivity index (χ3v) is 7.02. The first kappa shape index (κ1) is 18.7. The number of piperazine rings is 1. The molecule has 29 heavy (non-hydrogen) atoms. The van der Waals surface area contributed by atoms with Crippen molar-refractivity contribution in [2.45, 2.75) is 25.9 Å². The SMILES string of the molecule is C[C@H]1Cc2ccccc2N1C(=O)CN1CCN(Cc2nc3ccccc3s2)CC1. The number of para-hydroxylation sites is 2. The van der Waals surface area contributed by atoms with Crippen molar-refractivity contribution in [3.63, 3.8) is 0 Å². The summed E-state index contributed by atoms with van der Waals surface area (Å²) in [5.41, 5.74) is 3.48. The van der Waals surface area contributed by atoms with Crippen molar-refractivity contribution in [2.75, 3.05) is 37.6 Å². The highest BCUT2D eigenvalue weighted by Crippen LogP contribution is 2.32. The van der Waals surface area contributed by atoms with Crippen LogP contribution in [0.2, 0.25) is 0 Å². The van der Waals surface area contributed by atoms with Crippen LogP contribution in [0.1, 0.15) is 17.5 Å². The summed E-state index contributed by atoms with van der Waals surface area (Å²) < 4.78 is 1.26. The molecule has 0 aliphatic carbocycles. The van der Waals surface area contributed by atoms with Gasteiger partial charge in [0.1, 0.15) is 5.01 Å². The molecule has 150 valence electrons. The number of nitrogens with zero attached hydrogens (tertiary/aromatic N) is 4. The average molecular weight is 407 g/mol. The Morgan fingerprint density at radius 3 is 2.59 bits per heavy atom. The van der Waals surface area contributed by atoms with E-state index in [0.717, 1.165) is 50.3 Å². The molecular weight excluding hydrogens is 380 g/mol. The molecule has 1 aromatic heterocycles. The average Bonchev–Trinajstić information content (AvgIpc) is 3.28. The van der Waals surface area contributed by atoms with Gasteiger partial charge in [0, 0.05) is 37.9 Å². The Hall–Kier alpha value is -2.28. The summed E-state index contributed by atoms with van der Waals surface area (Å²) in [6, 6.07) is 16.9. The van der Waals surface area contributed by atoms with Gasteiger partial charge in [-0.25, -0.2) is 4.98 Å². The van der Waals surface area contributed by atoms with Crippen LogP contribution in [-0.4, -0.2) is 59.5 Å². The number of anilines is 1. The van der Waals surface area contributed by atoms with Crippen LogP contribution in [0.5, 0.6) is 0 Å². The molecule has 0 N–H and O–H groups in total. The molecule has 1 amide bonds. The van der Waals surface area contributed by atoms with Gasteiger partial charge in [0.2, 0.25) is 5.91 Å². The van der Waals surface area contributed by atoms with E-state index in [-0.39, 0.29) is 11.9 Å². The Bertz CT molecular complexity index is 991. The first-order valence-electron chi connectivity index (χ1n) is 10.4. The highest BCUT2D eigenvalue weighted by atomic mass is 32.1. The van der Waals surface area contributed by atoms with Gasteiger partial charge in [-0.2, -0.15) is 0 Å². The number of hydrogen-bond donors (Lipinski definition) is 0. The van der Waals surface area contributed by atoms with E-state index in [0.29, 0.717) is 6.54 Å². The molecular formula is C23H26N4OS. The molecule has 0 unspecified atom stereocenters. The number of carbonyl (C=O) groups excluding carboxylic acids is 1. The van der Waals surface area contributed by atoms with Crippen LogP contribution in [-0.2, 0) is 17.8 Å². The first-order valence-corrected chi connectivity index (χ1v) is 11.2. The number of benzene rings is 2. The minimum atomic E-state index is 0.224. The summed E-state index contributed by atoms with van der Waals surface area (Å²) >= 11 is 1.79. The van der Waals surface area contributed by atoms with Gasteiger partial charge in [0.05, 0.1) is 23.3 Å². The second-order valence-electron chi connectivity index (χ2n) is 8.07. The highest BCUT2D eigenvalue weighted by molar-refractivity contribution is 7.18. The van der Waals surface area contributed by atoms with Crippen LogP contribution in [0.4, 0.5) is 5.69 Å². The third-order valence-electron chi connectivity index (χ3n) is 6.00. The normalized spacial score (nSPS) is 20.3. The molecule has 0 spiro atoms. The predicted octanol–water partition coefficient (Wildman–Crippen LogP) is 3.39. The molecule has 5 rings (SSSR count). The molecule has 3 heterocycles. The first-order chi connectivity index (χ1) is 14.2. The Morgan fingerprint density at radius 2 is 1.76 bits per heavy atom. The minimum absolute atomic E-state index is 0.224. The maximum Gasteiger partial charge on any atom is 0.241 e. The van der Waals surface area contributed by atoms with Crippen molar-refractivity contribution in [3.05, 3.63) is 59.1 Å². The molecule has 0 radical (unpaired) electrons. The largest absolute Gasteiger partial charge is 0.308 e. The van der Waals surface area contributed by atoms with Crippen LogP contribution in [0, 0.1) is 0 Å². The molecule has 6 heteroatoms. The van der Waals surface area contributed by atoms with E-state index in [1.54, 1.807) is 11.3 Å². The van der Waals surface area contributed by atoms with Crippen LogP contribution in [0.3, 0.4) is 0 Å². The van der Waals surface area contributed by atoms with Crippen LogP contribution >= 0.6 is 11.3 Å². The van der Waals surface area contributed by atoms with Gasteiger partial charge in [0.25, 0.3) is 0 Å². The summed E-state index contributed by atoms with van der Waals surface area (Å²) in [5, 5.41) is 1.18. The molecule has 0 saturated carbocycles. The van der Waals surface area contributed by atoms with Gasteiger partial charge >= 0.3 is 0 Å². The standard InChI is InChI=1S/C23H26N4OS/c1-17-14-18-6-2-4-8-20(18)27(17)23(28)16-26-12-10-25(11-13-26)15-22-24-19-7-3-5-9-21(19)29-22/h2-9,17H,10-16H2,1H3/t17-/m0/s1. The topological polar surface area (TPSA) is 39.7 Å². The van der Waals surface area contributed by atoms with Gasteiger partial charge in [0.15, 0.2) is 0 Å². The molecule has 1 saturated heterocycles. The van der Waals surface area contributed by atoms with Crippen molar-refractivity contribution in [3.8, 4) is 0 Å². The molecule has 2 aliphatic heterocycles. The Labute approximate surface area is 175 Å². The van der Waals surface area contributed by atoms with Crippen LogP contribution in [0.25, 0.3) is 10.2 Å². The summed E-state index contributed by atoms with van der Waals surface area (Å²) in [6.07, 6.45) is 0.956. The van der Waals surface area contributed by atoms with Crippen molar-refractivity contribution < 1.29 is 4.79 Å². The van der Waals surface area contributed by atoms with E-state index in [9.17, 15) is 4.79 Å². The van der Waals surface area contributed by atoms with Crippen molar-refractivity contribution in [1.82, 2.24) is 14.8 Å². The van der Waals surface area contributed by atoms with Crippen molar-refractivity contribution >= 4 is 33.1 Å². The summed E-state index contributed by atoms with van der Waals surface area (Å²) in [4.78, 5) is 24.5. The number of rotatable bonds is 4. The number of amides is 1. The van der Waals surface area contributed by atoms with E-state index in [1.807, 2.05) is 17.0 Å². The second kappa shape index (κ2) is 7.86. The monoisotopic (exact) mass is 406 g/mol. The fourth-order valence-electron chi connectivity index (χ4n) is 4.50. The zero-order chi connectivity index (χ0) is 19.8. The van der Waals surface area contributed by atoms with Gasteiger partial charge in [-0.15, -0.1) is 11.3 Å². The fourth-order valence-corrected chi connectivity index (χ4v) is 5.51. The van der Waals surface area contributed by atoms with E-state index in [2.05, 4.69) is 53.1 Å². The lowest BCUT2D eigenvalue weighted by Crippen LogP contribution is -2.50. The van der Waals surface area contributed by atoms with Gasteiger partial charge in [-0.1, -0.05) is 30.3 Å². The zero-order valence-corrected chi connectivity index (χ0v) is 17.6. The van der Waals surface area contributed by atoms with Gasteiger partial charge < -0.3 is 4.90 Å². The lowest BCUT2D eigenvalue weighted by molar-refractivity contribution is -0.120. The Balaban J connectivity index is 1.16. The lowest BCUT2D eigenvalue weighted by Gasteiger charge is -2.35.